The molecule has 0 N–H and O–H groups in total. The van der Waals surface area contributed by atoms with Crippen molar-refractivity contribution in [2.24, 2.45) is 0 Å². The second kappa shape index (κ2) is 7.09. The second-order valence-corrected chi connectivity index (χ2v) is 4.86. The van der Waals surface area contributed by atoms with Gasteiger partial charge in [-0.25, -0.2) is 8.61 Å². The lowest BCUT2D eigenvalue weighted by molar-refractivity contribution is -0.128. The van der Waals surface area contributed by atoms with E-state index in [1.54, 1.807) is 19.1 Å². The fourth-order valence-electron chi connectivity index (χ4n) is 1.12. The molecule has 0 rings (SSSR count). The first kappa shape index (κ1) is 13.7. The second-order valence-electron chi connectivity index (χ2n) is 3.34. The Kier molecular flexibility index (Phi) is 6.96. The Hall–Kier alpha value is -0.260. The van der Waals surface area contributed by atoms with Crippen LogP contribution in [0.25, 0.3) is 0 Å². The van der Waals surface area contributed by atoms with Gasteiger partial charge in [-0.2, -0.15) is 0 Å². The average molecular weight is 219 g/mol. The maximum atomic E-state index is 11.1. The van der Waals surface area contributed by atoms with E-state index < -0.39 is 0 Å². The Balaban J connectivity index is 3.73. The summed E-state index contributed by atoms with van der Waals surface area (Å²) in [6.45, 7) is 6.08. The van der Waals surface area contributed by atoms with Crippen molar-refractivity contribution in [3.63, 3.8) is 0 Å². The van der Waals surface area contributed by atoms with Gasteiger partial charge in [0.1, 0.15) is 0 Å². The quantitative estimate of drug-likeness (QED) is 0.621. The van der Waals surface area contributed by atoms with E-state index in [2.05, 4.69) is 4.31 Å². The first-order chi connectivity index (χ1) is 6.47. The van der Waals surface area contributed by atoms with E-state index in [9.17, 15) is 4.79 Å². The van der Waals surface area contributed by atoms with Gasteiger partial charge in [-0.05, 0) is 28.1 Å². The molecule has 0 saturated heterocycles. The van der Waals surface area contributed by atoms with Gasteiger partial charge in [0.25, 0.3) is 0 Å². The SMILES string of the molecule is CCN(CCN(C)SN(C)C)C(C)=O. The summed E-state index contributed by atoms with van der Waals surface area (Å²) in [7, 11) is 6.03. The van der Waals surface area contributed by atoms with Gasteiger partial charge < -0.3 is 4.90 Å². The van der Waals surface area contributed by atoms with Crippen LogP contribution in [0.1, 0.15) is 13.8 Å². The van der Waals surface area contributed by atoms with Crippen LogP contribution in [-0.2, 0) is 4.79 Å². The van der Waals surface area contributed by atoms with Crippen LogP contribution in [0.15, 0.2) is 0 Å². The van der Waals surface area contributed by atoms with Crippen LogP contribution >= 0.6 is 12.1 Å². The van der Waals surface area contributed by atoms with Crippen molar-refractivity contribution >= 4 is 18.0 Å². The number of amides is 1. The van der Waals surface area contributed by atoms with Crippen LogP contribution in [0.2, 0.25) is 0 Å². The van der Waals surface area contributed by atoms with Crippen molar-refractivity contribution in [1.82, 2.24) is 13.5 Å². The first-order valence-corrected chi connectivity index (χ1v) is 5.52. The standard InChI is InChI=1S/C9H21N3OS/c1-6-12(9(2)13)8-7-11(5)14-10(3)4/h6-8H2,1-5H3. The molecule has 0 aromatic rings. The van der Waals surface area contributed by atoms with Crippen LogP contribution in [0.4, 0.5) is 0 Å². The van der Waals surface area contributed by atoms with E-state index in [1.807, 2.05) is 37.3 Å². The number of likely N-dealkylation sites (N-methyl/N-ethyl adjacent to an activating group) is 2. The smallest absolute Gasteiger partial charge is 0.219 e. The van der Waals surface area contributed by atoms with Gasteiger partial charge in [-0.3, -0.25) is 4.79 Å². The summed E-state index contributed by atoms with van der Waals surface area (Å²) in [4.78, 5) is 12.9. The average Bonchev–Trinajstić information content (AvgIpc) is 2.03. The summed E-state index contributed by atoms with van der Waals surface area (Å²) >= 11 is 1.65. The number of carbonyl (C=O) groups excluding carboxylic acids is 1. The third-order valence-electron chi connectivity index (χ3n) is 1.81. The predicted octanol–water partition coefficient (Wildman–Crippen LogP) is 0.911. The molecule has 0 fully saturated rings. The van der Waals surface area contributed by atoms with Crippen molar-refractivity contribution in [1.29, 1.82) is 0 Å². The Morgan fingerprint density at radius 2 is 1.79 bits per heavy atom. The molecule has 0 saturated carbocycles. The number of carbonyl (C=O) groups is 1. The van der Waals surface area contributed by atoms with Crippen LogP contribution in [0.5, 0.6) is 0 Å². The number of rotatable bonds is 6. The molecule has 0 aromatic carbocycles. The summed E-state index contributed by atoms with van der Waals surface area (Å²) in [6, 6.07) is 0. The van der Waals surface area contributed by atoms with Crippen molar-refractivity contribution in [3.05, 3.63) is 0 Å². The zero-order chi connectivity index (χ0) is 11.1. The van der Waals surface area contributed by atoms with Gasteiger partial charge in [0.15, 0.2) is 0 Å². The first-order valence-electron chi connectivity index (χ1n) is 4.79. The normalized spacial score (nSPS) is 11.1. The Bertz CT molecular complexity index is 175. The minimum atomic E-state index is 0.149. The van der Waals surface area contributed by atoms with Gasteiger partial charge in [-0.15, -0.1) is 0 Å². The highest BCUT2D eigenvalue weighted by Crippen LogP contribution is 2.08. The molecule has 84 valence electrons. The molecular weight excluding hydrogens is 198 g/mol. The maximum Gasteiger partial charge on any atom is 0.219 e. The van der Waals surface area contributed by atoms with Crippen LogP contribution in [-0.4, -0.2) is 60.2 Å². The highest BCUT2D eigenvalue weighted by molar-refractivity contribution is 7.94. The molecule has 4 nitrogen and oxygen atoms in total. The molecular formula is C9H21N3OS. The van der Waals surface area contributed by atoms with E-state index in [1.165, 1.54) is 0 Å². The molecule has 5 heteroatoms. The molecule has 0 radical (unpaired) electrons. The largest absolute Gasteiger partial charge is 0.342 e. The van der Waals surface area contributed by atoms with Crippen LogP contribution < -0.4 is 0 Å². The Morgan fingerprint density at radius 3 is 2.14 bits per heavy atom. The highest BCUT2D eigenvalue weighted by atomic mass is 32.2. The third-order valence-corrected chi connectivity index (χ3v) is 2.60. The molecule has 0 bridgehead atoms. The fraction of sp³-hybridized carbons (Fsp3) is 0.889. The van der Waals surface area contributed by atoms with Gasteiger partial charge in [0, 0.05) is 38.7 Å². The van der Waals surface area contributed by atoms with E-state index >= 15 is 0 Å². The third kappa shape index (κ3) is 6.23. The van der Waals surface area contributed by atoms with Crippen molar-refractivity contribution in [3.8, 4) is 0 Å². The molecule has 0 aliphatic rings. The van der Waals surface area contributed by atoms with Crippen LogP contribution in [0, 0.1) is 0 Å². The maximum absolute atomic E-state index is 11.1. The highest BCUT2D eigenvalue weighted by Gasteiger charge is 2.07. The molecule has 0 unspecified atom stereocenters. The summed E-state index contributed by atoms with van der Waals surface area (Å²) in [5.41, 5.74) is 0. The molecule has 14 heavy (non-hydrogen) atoms. The molecule has 0 atom stereocenters. The minimum Gasteiger partial charge on any atom is -0.342 e. The van der Waals surface area contributed by atoms with Crippen LogP contribution in [0.3, 0.4) is 0 Å². The zero-order valence-corrected chi connectivity index (χ0v) is 10.6. The molecule has 0 aliphatic heterocycles. The van der Waals surface area contributed by atoms with Crippen molar-refractivity contribution < 1.29 is 4.79 Å². The fourth-order valence-corrected chi connectivity index (χ4v) is 1.84. The molecule has 1 amide bonds. The summed E-state index contributed by atoms with van der Waals surface area (Å²) in [5, 5.41) is 0. The minimum absolute atomic E-state index is 0.149. The lowest BCUT2D eigenvalue weighted by Crippen LogP contribution is -2.34. The number of hydrogen-bond acceptors (Lipinski definition) is 4. The molecule has 0 spiro atoms. The van der Waals surface area contributed by atoms with E-state index in [0.29, 0.717) is 0 Å². The summed E-state index contributed by atoms with van der Waals surface area (Å²) in [5.74, 6) is 0.149. The topological polar surface area (TPSA) is 26.8 Å². The van der Waals surface area contributed by atoms with Gasteiger partial charge in [0.05, 0.1) is 0 Å². The summed E-state index contributed by atoms with van der Waals surface area (Å²) < 4.78 is 4.15. The molecule has 0 aliphatic carbocycles. The lowest BCUT2D eigenvalue weighted by atomic mass is 10.4. The van der Waals surface area contributed by atoms with E-state index in [4.69, 9.17) is 0 Å². The number of nitrogens with zero attached hydrogens (tertiary/aromatic N) is 3. The lowest BCUT2D eigenvalue weighted by Gasteiger charge is -2.24. The Labute approximate surface area is 91.5 Å². The predicted molar refractivity (Wildman–Crippen MR) is 61.8 cm³/mol. The molecule has 0 heterocycles. The number of hydrogen-bond donors (Lipinski definition) is 0. The van der Waals surface area contributed by atoms with Gasteiger partial charge in [0.2, 0.25) is 5.91 Å². The van der Waals surface area contributed by atoms with E-state index in [0.717, 1.165) is 19.6 Å². The van der Waals surface area contributed by atoms with Gasteiger partial charge >= 0.3 is 0 Å². The van der Waals surface area contributed by atoms with Gasteiger partial charge in [-0.1, -0.05) is 0 Å². The summed E-state index contributed by atoms with van der Waals surface area (Å²) in [6.07, 6.45) is 0. The monoisotopic (exact) mass is 219 g/mol. The zero-order valence-electron chi connectivity index (χ0n) is 9.78. The van der Waals surface area contributed by atoms with E-state index in [-0.39, 0.29) is 5.91 Å². The molecule has 0 aromatic heterocycles. The van der Waals surface area contributed by atoms with Crippen molar-refractivity contribution in [2.45, 2.75) is 13.8 Å². The van der Waals surface area contributed by atoms with Crippen molar-refractivity contribution in [2.75, 3.05) is 40.8 Å². The Morgan fingerprint density at radius 1 is 1.21 bits per heavy atom.